The van der Waals surface area contributed by atoms with Crippen molar-refractivity contribution in [2.45, 2.75) is 25.9 Å². The summed E-state index contributed by atoms with van der Waals surface area (Å²) < 4.78 is 15.9. The third-order valence-electron chi connectivity index (χ3n) is 4.85. The number of amides is 1. The SMILES string of the molecule is COC(=O)COc1ccc(C(C)CN2CCOC(c3csc(NC(C)=O)n3)C2)cc1. The van der Waals surface area contributed by atoms with Gasteiger partial charge in [0.2, 0.25) is 5.91 Å². The minimum atomic E-state index is -0.404. The molecule has 1 saturated heterocycles. The van der Waals surface area contributed by atoms with E-state index in [2.05, 4.69) is 26.9 Å². The molecule has 0 spiro atoms. The minimum absolute atomic E-state index is 0.0964. The maximum absolute atomic E-state index is 11.2. The van der Waals surface area contributed by atoms with Gasteiger partial charge in [0.1, 0.15) is 11.9 Å². The second-order valence-corrected chi connectivity index (χ2v) is 8.07. The summed E-state index contributed by atoms with van der Waals surface area (Å²) in [6, 6.07) is 7.79. The summed E-state index contributed by atoms with van der Waals surface area (Å²) in [7, 11) is 1.34. The number of anilines is 1. The van der Waals surface area contributed by atoms with Gasteiger partial charge in [-0.15, -0.1) is 11.3 Å². The second kappa shape index (κ2) is 10.5. The first-order valence-electron chi connectivity index (χ1n) is 9.81. The molecule has 0 aliphatic carbocycles. The number of hydrogen-bond donors (Lipinski definition) is 1. The summed E-state index contributed by atoms with van der Waals surface area (Å²) in [4.78, 5) is 29.2. The van der Waals surface area contributed by atoms with Gasteiger partial charge in [0, 0.05) is 31.9 Å². The third-order valence-corrected chi connectivity index (χ3v) is 5.63. The van der Waals surface area contributed by atoms with Gasteiger partial charge in [0.05, 0.1) is 19.4 Å². The number of rotatable bonds is 8. The lowest BCUT2D eigenvalue weighted by molar-refractivity contribution is -0.142. The van der Waals surface area contributed by atoms with E-state index in [-0.39, 0.29) is 18.6 Å². The Morgan fingerprint density at radius 3 is 2.83 bits per heavy atom. The van der Waals surface area contributed by atoms with Crippen LogP contribution in [-0.2, 0) is 19.1 Å². The van der Waals surface area contributed by atoms with Crippen molar-refractivity contribution < 1.29 is 23.8 Å². The van der Waals surface area contributed by atoms with Gasteiger partial charge in [0.15, 0.2) is 11.7 Å². The standard InChI is InChI=1S/C21H27N3O5S/c1-14(16-4-6-17(7-5-16)29-12-20(26)27-3)10-24-8-9-28-19(11-24)18-13-30-21(23-18)22-15(2)25/h4-7,13-14,19H,8-12H2,1-3H3,(H,22,23,25). The molecule has 2 atom stereocenters. The van der Waals surface area contributed by atoms with Gasteiger partial charge in [-0.1, -0.05) is 19.1 Å². The number of thiazole rings is 1. The Hall–Kier alpha value is -2.49. The highest BCUT2D eigenvalue weighted by Crippen LogP contribution is 2.28. The van der Waals surface area contributed by atoms with Crippen molar-refractivity contribution in [2.24, 2.45) is 0 Å². The van der Waals surface area contributed by atoms with Crippen LogP contribution in [0.3, 0.4) is 0 Å². The van der Waals surface area contributed by atoms with Crippen LogP contribution >= 0.6 is 11.3 Å². The number of hydrogen-bond acceptors (Lipinski definition) is 8. The average molecular weight is 434 g/mol. The molecule has 2 heterocycles. The first-order chi connectivity index (χ1) is 14.4. The van der Waals surface area contributed by atoms with E-state index in [0.29, 0.717) is 23.4 Å². The maximum atomic E-state index is 11.2. The van der Waals surface area contributed by atoms with Crippen molar-refractivity contribution in [3.8, 4) is 5.75 Å². The molecule has 162 valence electrons. The molecule has 0 saturated carbocycles. The normalized spacial score (nSPS) is 17.9. The predicted molar refractivity (Wildman–Crippen MR) is 114 cm³/mol. The minimum Gasteiger partial charge on any atom is -0.482 e. The molecule has 1 aliphatic rings. The summed E-state index contributed by atoms with van der Waals surface area (Å²) in [5.41, 5.74) is 2.05. The fourth-order valence-corrected chi connectivity index (χ4v) is 4.07. The first kappa shape index (κ1) is 22.2. The molecule has 2 aromatic rings. The van der Waals surface area contributed by atoms with Gasteiger partial charge < -0.3 is 19.5 Å². The largest absolute Gasteiger partial charge is 0.482 e. The van der Waals surface area contributed by atoms with E-state index in [9.17, 15) is 9.59 Å². The number of aromatic nitrogens is 1. The fraction of sp³-hybridized carbons (Fsp3) is 0.476. The number of nitrogens with zero attached hydrogens (tertiary/aromatic N) is 2. The van der Waals surface area contributed by atoms with Crippen LogP contribution in [0.15, 0.2) is 29.6 Å². The molecule has 9 heteroatoms. The van der Waals surface area contributed by atoms with Crippen LogP contribution in [0.25, 0.3) is 0 Å². The molecule has 1 amide bonds. The number of carbonyl (C=O) groups is 2. The van der Waals surface area contributed by atoms with Crippen LogP contribution in [0.5, 0.6) is 5.75 Å². The lowest BCUT2D eigenvalue weighted by atomic mass is 10.00. The molecular formula is C21H27N3O5S. The molecule has 1 aliphatic heterocycles. The van der Waals surface area contributed by atoms with Crippen LogP contribution in [-0.4, -0.2) is 61.7 Å². The quantitative estimate of drug-likeness (QED) is 0.640. The molecule has 0 bridgehead atoms. The zero-order chi connectivity index (χ0) is 21.5. The van der Waals surface area contributed by atoms with E-state index in [1.807, 2.05) is 29.6 Å². The second-order valence-electron chi connectivity index (χ2n) is 7.21. The lowest BCUT2D eigenvalue weighted by Crippen LogP contribution is -2.40. The third kappa shape index (κ3) is 6.25. The van der Waals surface area contributed by atoms with E-state index in [1.165, 1.54) is 30.9 Å². The van der Waals surface area contributed by atoms with Crippen LogP contribution < -0.4 is 10.1 Å². The Morgan fingerprint density at radius 1 is 1.37 bits per heavy atom. The number of carbonyl (C=O) groups excluding carboxylic acids is 2. The Labute approximate surface area is 180 Å². The Kier molecular flexibility index (Phi) is 7.78. The van der Waals surface area contributed by atoms with Crippen LogP contribution in [0.1, 0.15) is 37.1 Å². The predicted octanol–water partition coefficient (Wildman–Crippen LogP) is 2.83. The first-order valence-corrected chi connectivity index (χ1v) is 10.7. The van der Waals surface area contributed by atoms with Gasteiger partial charge in [-0.2, -0.15) is 0 Å². The van der Waals surface area contributed by atoms with Crippen molar-refractivity contribution in [3.05, 3.63) is 40.9 Å². The van der Waals surface area contributed by atoms with Gasteiger partial charge >= 0.3 is 5.97 Å². The van der Waals surface area contributed by atoms with Crippen molar-refractivity contribution in [1.29, 1.82) is 0 Å². The summed E-state index contributed by atoms with van der Waals surface area (Å²) in [5.74, 6) is 0.432. The molecule has 30 heavy (non-hydrogen) atoms. The number of nitrogens with one attached hydrogen (secondary N) is 1. The van der Waals surface area contributed by atoms with E-state index < -0.39 is 5.97 Å². The highest BCUT2D eigenvalue weighted by molar-refractivity contribution is 7.13. The van der Waals surface area contributed by atoms with Crippen molar-refractivity contribution in [2.75, 3.05) is 45.3 Å². The molecule has 2 unspecified atom stereocenters. The van der Waals surface area contributed by atoms with Crippen LogP contribution in [0.4, 0.5) is 5.13 Å². The number of benzene rings is 1. The molecule has 8 nitrogen and oxygen atoms in total. The number of esters is 1. The summed E-state index contributed by atoms with van der Waals surface area (Å²) in [6.07, 6.45) is -0.0983. The average Bonchev–Trinajstić information content (AvgIpc) is 3.20. The Bertz CT molecular complexity index is 855. The number of morpholine rings is 1. The Morgan fingerprint density at radius 2 is 2.13 bits per heavy atom. The molecular weight excluding hydrogens is 406 g/mol. The zero-order valence-electron chi connectivity index (χ0n) is 17.4. The van der Waals surface area contributed by atoms with Gasteiger partial charge in [-0.25, -0.2) is 9.78 Å². The van der Waals surface area contributed by atoms with Gasteiger partial charge in [0.25, 0.3) is 0 Å². The monoisotopic (exact) mass is 433 g/mol. The van der Waals surface area contributed by atoms with Crippen molar-refractivity contribution in [3.63, 3.8) is 0 Å². The smallest absolute Gasteiger partial charge is 0.343 e. The van der Waals surface area contributed by atoms with E-state index >= 15 is 0 Å². The summed E-state index contributed by atoms with van der Waals surface area (Å²) in [6.45, 7) is 6.72. The molecule has 1 fully saturated rings. The maximum Gasteiger partial charge on any atom is 0.343 e. The molecule has 1 aromatic heterocycles. The number of ether oxygens (including phenoxy) is 3. The molecule has 3 rings (SSSR count). The van der Waals surface area contributed by atoms with E-state index in [4.69, 9.17) is 9.47 Å². The highest BCUT2D eigenvalue weighted by Gasteiger charge is 2.25. The summed E-state index contributed by atoms with van der Waals surface area (Å²) in [5, 5.41) is 5.25. The lowest BCUT2D eigenvalue weighted by Gasteiger charge is -2.33. The van der Waals surface area contributed by atoms with Crippen molar-refractivity contribution >= 4 is 28.3 Å². The fourth-order valence-electron chi connectivity index (χ4n) is 3.28. The van der Waals surface area contributed by atoms with Crippen LogP contribution in [0.2, 0.25) is 0 Å². The number of methoxy groups -OCH3 is 1. The summed E-state index contributed by atoms with van der Waals surface area (Å²) >= 11 is 1.41. The van der Waals surface area contributed by atoms with E-state index in [1.54, 1.807) is 0 Å². The molecule has 1 aromatic carbocycles. The van der Waals surface area contributed by atoms with E-state index in [0.717, 1.165) is 25.3 Å². The highest BCUT2D eigenvalue weighted by atomic mass is 32.1. The zero-order valence-corrected chi connectivity index (χ0v) is 18.2. The van der Waals surface area contributed by atoms with Crippen molar-refractivity contribution in [1.82, 2.24) is 9.88 Å². The van der Waals surface area contributed by atoms with Gasteiger partial charge in [-0.3, -0.25) is 9.69 Å². The Balaban J connectivity index is 1.53. The van der Waals surface area contributed by atoms with Gasteiger partial charge in [-0.05, 0) is 23.6 Å². The molecule has 0 radical (unpaired) electrons. The van der Waals surface area contributed by atoms with Crippen LogP contribution in [0, 0.1) is 0 Å². The molecule has 1 N–H and O–H groups in total. The topological polar surface area (TPSA) is 90.0 Å².